The van der Waals surface area contributed by atoms with Crippen LogP contribution in [0.5, 0.6) is 11.5 Å². The van der Waals surface area contributed by atoms with Crippen LogP contribution in [0.15, 0.2) is 60.9 Å². The summed E-state index contributed by atoms with van der Waals surface area (Å²) in [5.74, 6) is 0.131. The summed E-state index contributed by atoms with van der Waals surface area (Å²) in [6.45, 7) is 0. The Balaban J connectivity index is 1.55. The lowest BCUT2D eigenvalue weighted by Crippen LogP contribution is -2.18. The standard InChI is InChI=1S/C21H15ClN6O3/c1-23-20(30)15-11-24-8-7-18(15)31-14-5-6-16-17(10-14)27-28-21(25-16)26-19(29)12-3-2-4-13(22)9-12/h2-11H,1H3,(H,23,30)(H,25,26,28,29). The van der Waals surface area contributed by atoms with Gasteiger partial charge in [0.15, 0.2) is 0 Å². The molecule has 9 nitrogen and oxygen atoms in total. The minimum Gasteiger partial charge on any atom is -0.456 e. The molecule has 0 aliphatic heterocycles. The molecule has 0 saturated carbocycles. The summed E-state index contributed by atoms with van der Waals surface area (Å²) in [6, 6.07) is 13.1. The molecular formula is C21H15ClN6O3. The van der Waals surface area contributed by atoms with E-state index in [4.69, 9.17) is 16.3 Å². The SMILES string of the molecule is CNC(=O)c1cnccc1Oc1ccc2nc(NC(=O)c3cccc(Cl)c3)nnc2c1. The number of pyridine rings is 1. The fourth-order valence-corrected chi connectivity index (χ4v) is 2.93. The van der Waals surface area contributed by atoms with Gasteiger partial charge in [-0.3, -0.25) is 19.9 Å². The normalized spacial score (nSPS) is 10.5. The van der Waals surface area contributed by atoms with Crippen molar-refractivity contribution in [1.82, 2.24) is 25.5 Å². The van der Waals surface area contributed by atoms with Gasteiger partial charge in [0.25, 0.3) is 11.8 Å². The number of halogens is 1. The van der Waals surface area contributed by atoms with E-state index in [-0.39, 0.29) is 11.9 Å². The van der Waals surface area contributed by atoms with Crippen LogP contribution in [0.2, 0.25) is 5.02 Å². The number of hydrogen-bond acceptors (Lipinski definition) is 7. The maximum atomic E-state index is 12.3. The van der Waals surface area contributed by atoms with Crippen LogP contribution in [-0.4, -0.2) is 39.0 Å². The van der Waals surface area contributed by atoms with Crippen molar-refractivity contribution in [1.29, 1.82) is 0 Å². The maximum absolute atomic E-state index is 12.3. The number of anilines is 1. The molecule has 0 atom stereocenters. The predicted octanol–water partition coefficient (Wildman–Crippen LogP) is 3.48. The molecule has 2 amide bonds. The first-order chi connectivity index (χ1) is 15.0. The number of benzene rings is 2. The molecule has 2 N–H and O–H groups in total. The first kappa shape index (κ1) is 20.2. The second-order valence-electron chi connectivity index (χ2n) is 6.30. The molecule has 2 aromatic heterocycles. The van der Waals surface area contributed by atoms with Gasteiger partial charge in [-0.25, -0.2) is 4.98 Å². The van der Waals surface area contributed by atoms with Crippen LogP contribution in [0.4, 0.5) is 5.95 Å². The van der Waals surface area contributed by atoms with Gasteiger partial charge < -0.3 is 10.1 Å². The Labute approximate surface area is 181 Å². The summed E-state index contributed by atoms with van der Waals surface area (Å²) in [5.41, 5.74) is 1.64. The molecule has 154 valence electrons. The minimum absolute atomic E-state index is 0.0576. The third kappa shape index (κ3) is 4.57. The molecule has 0 unspecified atom stereocenters. The highest BCUT2D eigenvalue weighted by molar-refractivity contribution is 6.31. The monoisotopic (exact) mass is 434 g/mol. The summed E-state index contributed by atoms with van der Waals surface area (Å²) in [5, 5.41) is 13.6. The number of carbonyl (C=O) groups is 2. The summed E-state index contributed by atoms with van der Waals surface area (Å²) in [7, 11) is 1.53. The number of rotatable bonds is 5. The van der Waals surface area contributed by atoms with Crippen molar-refractivity contribution >= 4 is 40.4 Å². The van der Waals surface area contributed by atoms with E-state index >= 15 is 0 Å². The van der Waals surface area contributed by atoms with Crippen molar-refractivity contribution in [2.45, 2.75) is 0 Å². The maximum Gasteiger partial charge on any atom is 0.258 e. The molecule has 0 saturated heterocycles. The third-order valence-electron chi connectivity index (χ3n) is 4.22. The van der Waals surface area contributed by atoms with Gasteiger partial charge in [0.1, 0.15) is 22.6 Å². The molecule has 4 rings (SSSR count). The highest BCUT2D eigenvalue weighted by Gasteiger charge is 2.13. The lowest BCUT2D eigenvalue weighted by atomic mass is 10.2. The van der Waals surface area contributed by atoms with Crippen LogP contribution in [-0.2, 0) is 0 Å². The van der Waals surface area contributed by atoms with Crippen molar-refractivity contribution in [2.24, 2.45) is 0 Å². The lowest BCUT2D eigenvalue weighted by molar-refractivity contribution is 0.0959. The van der Waals surface area contributed by atoms with E-state index in [0.717, 1.165) is 0 Å². The average Bonchev–Trinajstić information content (AvgIpc) is 2.79. The van der Waals surface area contributed by atoms with Crippen LogP contribution in [0.3, 0.4) is 0 Å². The molecule has 2 aromatic carbocycles. The third-order valence-corrected chi connectivity index (χ3v) is 4.45. The Hall–Kier alpha value is -4.11. The van der Waals surface area contributed by atoms with Crippen LogP contribution in [0, 0.1) is 0 Å². The number of ether oxygens (including phenoxy) is 1. The van der Waals surface area contributed by atoms with Crippen molar-refractivity contribution in [3.8, 4) is 11.5 Å². The Morgan fingerprint density at radius 2 is 1.87 bits per heavy atom. The molecular weight excluding hydrogens is 420 g/mol. The Morgan fingerprint density at radius 3 is 2.68 bits per heavy atom. The zero-order valence-corrected chi connectivity index (χ0v) is 16.9. The number of carbonyl (C=O) groups excluding carboxylic acids is 2. The molecule has 10 heteroatoms. The minimum atomic E-state index is -0.400. The number of amides is 2. The van der Waals surface area contributed by atoms with Gasteiger partial charge in [-0.2, -0.15) is 0 Å². The molecule has 0 fully saturated rings. The first-order valence-corrected chi connectivity index (χ1v) is 9.46. The van der Waals surface area contributed by atoms with Gasteiger partial charge in [0.05, 0.1) is 5.52 Å². The number of fused-ring (bicyclic) bond motifs is 1. The average molecular weight is 435 g/mol. The van der Waals surface area contributed by atoms with Gasteiger partial charge >= 0.3 is 0 Å². The second kappa shape index (κ2) is 8.72. The van der Waals surface area contributed by atoms with E-state index in [1.807, 2.05) is 0 Å². The highest BCUT2D eigenvalue weighted by Crippen LogP contribution is 2.26. The lowest BCUT2D eigenvalue weighted by Gasteiger charge is -2.10. The molecule has 2 heterocycles. The molecule has 0 radical (unpaired) electrons. The fourth-order valence-electron chi connectivity index (χ4n) is 2.74. The fraction of sp³-hybridized carbons (Fsp3) is 0.0476. The number of nitrogens with one attached hydrogen (secondary N) is 2. The van der Waals surface area contributed by atoms with E-state index in [9.17, 15) is 9.59 Å². The quantitative estimate of drug-likeness (QED) is 0.493. The Morgan fingerprint density at radius 1 is 1.00 bits per heavy atom. The number of nitrogens with zero attached hydrogens (tertiary/aromatic N) is 4. The van der Waals surface area contributed by atoms with Gasteiger partial charge in [0.2, 0.25) is 5.95 Å². The molecule has 4 aromatic rings. The smallest absolute Gasteiger partial charge is 0.258 e. The van der Waals surface area contributed by atoms with Crippen LogP contribution in [0.25, 0.3) is 11.0 Å². The second-order valence-corrected chi connectivity index (χ2v) is 6.74. The zero-order valence-electron chi connectivity index (χ0n) is 16.2. The number of aromatic nitrogens is 4. The van der Waals surface area contributed by atoms with E-state index in [1.165, 1.54) is 19.4 Å². The molecule has 0 bridgehead atoms. The topological polar surface area (TPSA) is 119 Å². The van der Waals surface area contributed by atoms with E-state index in [1.54, 1.807) is 48.5 Å². The van der Waals surface area contributed by atoms with Crippen LogP contribution in [0.1, 0.15) is 20.7 Å². The molecule has 0 spiro atoms. The van der Waals surface area contributed by atoms with Gasteiger partial charge in [-0.15, -0.1) is 10.2 Å². The first-order valence-electron chi connectivity index (χ1n) is 9.09. The summed E-state index contributed by atoms with van der Waals surface area (Å²) >= 11 is 5.92. The Bertz CT molecular complexity index is 1300. The van der Waals surface area contributed by atoms with Gasteiger partial charge in [-0.1, -0.05) is 17.7 Å². The van der Waals surface area contributed by atoms with Crippen molar-refractivity contribution in [3.63, 3.8) is 0 Å². The largest absolute Gasteiger partial charge is 0.456 e. The molecule has 31 heavy (non-hydrogen) atoms. The zero-order chi connectivity index (χ0) is 21.8. The molecule has 0 aliphatic carbocycles. The van der Waals surface area contributed by atoms with Crippen molar-refractivity contribution in [2.75, 3.05) is 12.4 Å². The van der Waals surface area contributed by atoms with Gasteiger partial charge in [-0.05, 0) is 36.4 Å². The highest BCUT2D eigenvalue weighted by atomic mass is 35.5. The van der Waals surface area contributed by atoms with Crippen molar-refractivity contribution < 1.29 is 14.3 Å². The van der Waals surface area contributed by atoms with Crippen LogP contribution < -0.4 is 15.4 Å². The Kier molecular flexibility index (Phi) is 5.67. The number of hydrogen-bond donors (Lipinski definition) is 2. The summed E-state index contributed by atoms with van der Waals surface area (Å²) in [4.78, 5) is 32.6. The summed E-state index contributed by atoms with van der Waals surface area (Å²) in [6.07, 6.45) is 2.95. The van der Waals surface area contributed by atoms with Crippen LogP contribution >= 0.6 is 11.6 Å². The predicted molar refractivity (Wildman–Crippen MR) is 114 cm³/mol. The van der Waals surface area contributed by atoms with Crippen molar-refractivity contribution in [3.05, 3.63) is 77.1 Å². The summed E-state index contributed by atoms with van der Waals surface area (Å²) < 4.78 is 5.83. The van der Waals surface area contributed by atoms with E-state index in [0.29, 0.717) is 38.7 Å². The molecule has 0 aliphatic rings. The van der Waals surface area contributed by atoms with E-state index < -0.39 is 5.91 Å². The van der Waals surface area contributed by atoms with E-state index in [2.05, 4.69) is 30.8 Å². The van der Waals surface area contributed by atoms with Gasteiger partial charge in [0, 0.05) is 36.1 Å².